The Morgan fingerprint density at radius 3 is 1.09 bits per heavy atom. The first-order valence-electron chi connectivity index (χ1n) is 2.14. The van der Waals surface area contributed by atoms with Crippen LogP contribution in [0.15, 0.2) is 0 Å². The van der Waals surface area contributed by atoms with E-state index in [0.717, 1.165) is 0 Å². The Morgan fingerprint density at radius 1 is 0.909 bits per heavy atom. The maximum atomic E-state index is 7.79. The maximum absolute atomic E-state index is 7.79. The zero-order valence-corrected chi connectivity index (χ0v) is 6.29. The molecule has 0 atom stereocenters. The molecule has 48 valence electrons. The molecule has 0 spiro atoms. The van der Waals surface area contributed by atoms with Crippen molar-refractivity contribution >= 4 is 0 Å². The van der Waals surface area contributed by atoms with E-state index in [2.05, 4.69) is 0 Å². The molecule has 0 saturated carbocycles. The van der Waals surface area contributed by atoms with Crippen LogP contribution in [0, 0.1) is 51.2 Å². The fraction of sp³-hybridized carbons (Fsp3) is 0.167. The van der Waals surface area contributed by atoms with Crippen LogP contribution < -0.4 is 18.9 Å². The molecule has 0 amide bonds. The molecule has 0 aromatic rings. The van der Waals surface area contributed by atoms with Gasteiger partial charge in [0.2, 0.25) is 0 Å². The third kappa shape index (κ3) is 17.8. The number of hydrogen-bond donors (Lipinski definition) is 0. The first-order valence-corrected chi connectivity index (χ1v) is 2.14. The second-order valence-corrected chi connectivity index (χ2v) is 0.934. The molecular weight excluding hydrogens is 135 g/mol. The molecule has 0 fully saturated rings. The second kappa shape index (κ2) is 15.8. The van der Waals surface area contributed by atoms with Gasteiger partial charge in [-0.05, 0) is 0 Å². The molecule has 5 heteroatoms. The Morgan fingerprint density at radius 2 is 1.09 bits per heavy atom. The third-order valence-corrected chi connectivity index (χ3v) is 0.335. The Hall–Kier alpha value is -1.57. The van der Waals surface area contributed by atoms with Crippen molar-refractivity contribution in [2.45, 2.75) is 6.92 Å². The zero-order valence-electron chi connectivity index (χ0n) is 6.29. The van der Waals surface area contributed by atoms with Gasteiger partial charge in [0.15, 0.2) is 0 Å². The van der Waals surface area contributed by atoms with Gasteiger partial charge in [0.25, 0.3) is 0 Å². The molecule has 0 aliphatic carbocycles. The van der Waals surface area contributed by atoms with Crippen LogP contribution >= 0.6 is 0 Å². The summed E-state index contributed by atoms with van der Waals surface area (Å²) in [7, 11) is 0. The average molecular weight is 138 g/mol. The van der Waals surface area contributed by atoms with Gasteiger partial charge in [0, 0.05) is 6.92 Å². The van der Waals surface area contributed by atoms with Crippen LogP contribution in [-0.2, 0) is 0 Å². The van der Waals surface area contributed by atoms with Gasteiger partial charge < -0.3 is 0 Å². The van der Waals surface area contributed by atoms with E-state index >= 15 is 0 Å². The second-order valence-electron chi connectivity index (χ2n) is 0.934. The molecular formula is C6H3LiN4. The predicted molar refractivity (Wildman–Crippen MR) is 31.4 cm³/mol. The minimum absolute atomic E-state index is 0. The standard InChI is InChI=1S/C4N3.C2H3N.Li/c5-1-4(2-6)3-7;1-2-3;/h;1H3;/q-1;;+1. The van der Waals surface area contributed by atoms with Crippen LogP contribution in [0.1, 0.15) is 6.92 Å². The first-order chi connectivity index (χ1) is 4.76. The predicted octanol–water partition coefficient (Wildman–Crippen LogP) is -2.33. The van der Waals surface area contributed by atoms with Gasteiger partial charge in [-0.25, -0.2) is 15.8 Å². The van der Waals surface area contributed by atoms with Crippen molar-refractivity contribution in [3.8, 4) is 24.3 Å². The molecule has 0 aromatic heterocycles. The van der Waals surface area contributed by atoms with Crippen molar-refractivity contribution < 1.29 is 18.9 Å². The topological polar surface area (TPSA) is 95.2 Å². The van der Waals surface area contributed by atoms with Crippen LogP contribution in [0.4, 0.5) is 0 Å². The van der Waals surface area contributed by atoms with E-state index in [0.29, 0.717) is 0 Å². The number of hydrogen-bond acceptors (Lipinski definition) is 4. The summed E-state index contributed by atoms with van der Waals surface area (Å²) < 4.78 is 0. The molecule has 0 bridgehead atoms. The fourth-order valence-electron chi connectivity index (χ4n) is 0.0750. The Balaban J connectivity index is -0.000000140. The van der Waals surface area contributed by atoms with Crippen molar-refractivity contribution in [3.63, 3.8) is 0 Å². The van der Waals surface area contributed by atoms with Crippen LogP contribution in [0.5, 0.6) is 0 Å². The molecule has 0 aromatic carbocycles. The van der Waals surface area contributed by atoms with E-state index in [1.807, 2.05) is 0 Å². The first kappa shape index (κ1) is 16.2. The molecule has 4 nitrogen and oxygen atoms in total. The average Bonchev–Trinajstić information content (AvgIpc) is 1.93. The Labute approximate surface area is 77.4 Å². The van der Waals surface area contributed by atoms with Gasteiger partial charge in [-0.1, -0.05) is 24.1 Å². The van der Waals surface area contributed by atoms with Crippen molar-refractivity contribution in [1.29, 1.82) is 21.0 Å². The SMILES string of the molecule is CC#N.N#C[C-](C#N)C#N.[Li+]. The van der Waals surface area contributed by atoms with E-state index in [1.54, 1.807) is 6.07 Å². The van der Waals surface area contributed by atoms with E-state index in [9.17, 15) is 0 Å². The molecule has 0 N–H and O–H groups in total. The van der Waals surface area contributed by atoms with Crippen molar-refractivity contribution in [3.05, 3.63) is 5.92 Å². The molecule has 0 aliphatic heterocycles. The smallest absolute Gasteiger partial charge is 0.232 e. The molecule has 0 saturated heterocycles. The number of nitriles is 4. The molecule has 11 heavy (non-hydrogen) atoms. The summed E-state index contributed by atoms with van der Waals surface area (Å²) in [6.45, 7) is 1.43. The van der Waals surface area contributed by atoms with E-state index < -0.39 is 5.92 Å². The van der Waals surface area contributed by atoms with Gasteiger partial charge in [-0.3, -0.25) is 0 Å². The van der Waals surface area contributed by atoms with Crippen LogP contribution in [0.25, 0.3) is 0 Å². The summed E-state index contributed by atoms with van der Waals surface area (Å²) in [6, 6.07) is 5.94. The molecule has 0 unspecified atom stereocenters. The summed E-state index contributed by atoms with van der Waals surface area (Å²) in [5.74, 6) is -0.403. The van der Waals surface area contributed by atoms with Crippen molar-refractivity contribution in [1.82, 2.24) is 0 Å². The van der Waals surface area contributed by atoms with E-state index in [1.165, 1.54) is 25.1 Å². The molecule has 0 rings (SSSR count). The van der Waals surface area contributed by atoms with E-state index in [-0.39, 0.29) is 18.9 Å². The molecule has 0 heterocycles. The maximum Gasteiger partial charge on any atom is 1.00 e. The number of nitrogens with zero attached hydrogens (tertiary/aromatic N) is 4. The third-order valence-electron chi connectivity index (χ3n) is 0.335. The molecule has 0 aliphatic rings. The minimum atomic E-state index is -0.403. The fourth-order valence-corrected chi connectivity index (χ4v) is 0.0750. The van der Waals surface area contributed by atoms with Crippen LogP contribution in [0.2, 0.25) is 0 Å². The van der Waals surface area contributed by atoms with Gasteiger partial charge in [0.05, 0.1) is 6.07 Å². The minimum Gasteiger partial charge on any atom is -0.232 e. The largest absolute Gasteiger partial charge is 1.00 e. The van der Waals surface area contributed by atoms with Gasteiger partial charge in [-0.2, -0.15) is 5.26 Å². The Kier molecular flexibility index (Phi) is 23.3. The zero-order chi connectivity index (χ0) is 8.41. The summed E-state index contributed by atoms with van der Waals surface area (Å²) in [6.07, 6.45) is 0. The van der Waals surface area contributed by atoms with Crippen LogP contribution in [0.3, 0.4) is 0 Å². The van der Waals surface area contributed by atoms with Crippen LogP contribution in [-0.4, -0.2) is 0 Å². The van der Waals surface area contributed by atoms with E-state index in [4.69, 9.17) is 21.0 Å². The van der Waals surface area contributed by atoms with Gasteiger partial charge in [-0.15, -0.1) is 0 Å². The van der Waals surface area contributed by atoms with Gasteiger partial charge in [0.1, 0.15) is 0 Å². The number of rotatable bonds is 0. The van der Waals surface area contributed by atoms with Crippen molar-refractivity contribution in [2.24, 2.45) is 0 Å². The summed E-state index contributed by atoms with van der Waals surface area (Å²) in [5.41, 5.74) is 0. The van der Waals surface area contributed by atoms with Crippen molar-refractivity contribution in [2.75, 3.05) is 0 Å². The summed E-state index contributed by atoms with van der Waals surface area (Å²) >= 11 is 0. The quantitative estimate of drug-likeness (QED) is 0.277. The monoisotopic (exact) mass is 138 g/mol. The normalized spacial score (nSPS) is 3.73. The molecule has 0 radical (unpaired) electrons. The Bertz CT molecular complexity index is 200. The van der Waals surface area contributed by atoms with Gasteiger partial charge >= 0.3 is 18.9 Å². The summed E-state index contributed by atoms with van der Waals surface area (Å²) in [4.78, 5) is 0. The summed E-state index contributed by atoms with van der Waals surface area (Å²) in [5, 5.41) is 30.7.